The van der Waals surface area contributed by atoms with Crippen molar-refractivity contribution in [2.45, 2.75) is 96.8 Å². The first-order valence-corrected chi connectivity index (χ1v) is 25.6. The van der Waals surface area contributed by atoms with Gasteiger partial charge in [-0.3, -0.25) is 0 Å². The van der Waals surface area contributed by atoms with Gasteiger partial charge in [0, 0.05) is 64.4 Å². The van der Waals surface area contributed by atoms with Crippen LogP contribution in [-0.4, -0.2) is 11.4 Å². The maximum atomic E-state index is 7.37. The van der Waals surface area contributed by atoms with Crippen molar-refractivity contribution < 1.29 is 4.42 Å². The lowest BCUT2D eigenvalue weighted by molar-refractivity contribution is 0.332. The van der Waals surface area contributed by atoms with E-state index in [4.69, 9.17) is 4.42 Å². The Kier molecular flexibility index (Phi) is 7.28. The van der Waals surface area contributed by atoms with Crippen molar-refractivity contribution in [3.8, 4) is 27.9 Å². The van der Waals surface area contributed by atoms with Gasteiger partial charge in [0.25, 0.3) is 0 Å². The van der Waals surface area contributed by atoms with E-state index >= 15 is 0 Å². The molecule has 8 aromatic carbocycles. The lowest BCUT2D eigenvalue weighted by Crippen LogP contribution is -2.60. The van der Waals surface area contributed by atoms with Crippen LogP contribution < -0.4 is 15.7 Å². The second-order valence-corrected chi connectivity index (χ2v) is 24.6. The quantitative estimate of drug-likeness (QED) is 0.153. The number of nitrogens with zero attached hydrogens (tertiary/aromatic N) is 2. The third-order valence-electron chi connectivity index (χ3n) is 17.4. The number of benzene rings is 8. The number of para-hydroxylation sites is 1. The maximum absolute atomic E-state index is 7.37. The molecule has 3 aromatic heterocycles. The minimum atomic E-state index is -0.174. The number of hydrogen-bond donors (Lipinski definition) is 0. The molecule has 0 spiro atoms. The number of furan rings is 1. The van der Waals surface area contributed by atoms with E-state index in [1.54, 1.807) is 0 Å². The van der Waals surface area contributed by atoms with Gasteiger partial charge in [0.05, 0.1) is 16.4 Å². The molecule has 0 unspecified atom stereocenters. The van der Waals surface area contributed by atoms with Crippen molar-refractivity contribution in [3.63, 3.8) is 0 Å². The summed E-state index contributed by atoms with van der Waals surface area (Å²) in [5.41, 5.74) is 23.2. The number of aromatic nitrogens is 1. The van der Waals surface area contributed by atoms with Crippen LogP contribution in [0.2, 0.25) is 0 Å². The van der Waals surface area contributed by atoms with Crippen LogP contribution in [0, 0.1) is 0 Å². The van der Waals surface area contributed by atoms with Crippen molar-refractivity contribution in [1.82, 2.24) is 4.57 Å². The average Bonchev–Trinajstić information content (AvgIpc) is 4.05. The van der Waals surface area contributed by atoms with Gasteiger partial charge in [-0.15, -0.1) is 11.3 Å². The lowest BCUT2D eigenvalue weighted by atomic mass is 9.43. The van der Waals surface area contributed by atoms with E-state index in [0.717, 1.165) is 24.0 Å². The van der Waals surface area contributed by atoms with Crippen LogP contribution in [0.25, 0.3) is 91.9 Å². The molecule has 4 aliphatic rings. The Bertz CT molecular complexity index is 4110. The molecule has 11 aromatic rings. The number of thiophene rings is 1. The first-order chi connectivity index (χ1) is 32.6. The minimum Gasteiger partial charge on any atom is -0.455 e. The number of anilines is 2. The van der Waals surface area contributed by atoms with Crippen molar-refractivity contribution in [2.24, 2.45) is 0 Å². The van der Waals surface area contributed by atoms with Crippen LogP contribution in [0.15, 0.2) is 138 Å². The molecule has 3 nitrogen and oxygen atoms in total. The molecule has 0 atom stereocenters. The first kappa shape index (κ1) is 39.4. The zero-order valence-corrected chi connectivity index (χ0v) is 41.2. The molecule has 0 saturated heterocycles. The third kappa shape index (κ3) is 4.81. The second-order valence-electron chi connectivity index (χ2n) is 23.5. The van der Waals surface area contributed by atoms with Gasteiger partial charge in [-0.1, -0.05) is 141 Å². The van der Waals surface area contributed by atoms with E-state index in [9.17, 15) is 0 Å². The summed E-state index contributed by atoms with van der Waals surface area (Å²) >= 11 is 1.91. The number of fused-ring (bicyclic) bond motifs is 20. The molecule has 0 bridgehead atoms. The summed E-state index contributed by atoms with van der Waals surface area (Å²) in [4.78, 5) is 2.74. The molecule has 2 aliphatic heterocycles. The van der Waals surface area contributed by atoms with Gasteiger partial charge in [-0.05, 0) is 139 Å². The molecule has 0 saturated carbocycles. The van der Waals surface area contributed by atoms with Gasteiger partial charge in [-0.25, -0.2) is 0 Å². The van der Waals surface area contributed by atoms with Crippen molar-refractivity contribution in [3.05, 3.63) is 161 Å². The van der Waals surface area contributed by atoms with Gasteiger partial charge >= 0.3 is 6.85 Å². The zero-order chi connectivity index (χ0) is 46.1. The Hall–Kier alpha value is -6.56. The lowest BCUT2D eigenvalue weighted by Gasteiger charge is -2.43. The summed E-state index contributed by atoms with van der Waals surface area (Å²) in [7, 11) is 0. The van der Waals surface area contributed by atoms with Crippen LogP contribution in [0.4, 0.5) is 11.4 Å². The van der Waals surface area contributed by atoms with E-state index in [1.807, 2.05) is 11.3 Å². The van der Waals surface area contributed by atoms with Gasteiger partial charge in [0.15, 0.2) is 0 Å². The van der Waals surface area contributed by atoms with Gasteiger partial charge < -0.3 is 13.8 Å². The maximum Gasteiger partial charge on any atom is 0.333 e. The van der Waals surface area contributed by atoms with Crippen LogP contribution in [0.3, 0.4) is 0 Å². The Labute approximate surface area is 402 Å². The SMILES string of the molecule is CC(C)(C)c1ccc(N2B3c4cc5c(cc4-n4c6cc7c(cc6c6c8oc9ccccc9c8c(c3c64)-c3cc4c(cc32)sc2ccccc24)C(C)(C)CCC7(C)C)-c2ccccc2C5(C)C)cc1. The summed E-state index contributed by atoms with van der Waals surface area (Å²) < 4.78 is 12.7. The highest BCUT2D eigenvalue weighted by molar-refractivity contribution is 7.25. The van der Waals surface area contributed by atoms with Crippen molar-refractivity contribution >= 4 is 104 Å². The fourth-order valence-corrected chi connectivity index (χ4v) is 14.8. The van der Waals surface area contributed by atoms with E-state index in [2.05, 4.69) is 205 Å². The molecule has 5 heteroatoms. The van der Waals surface area contributed by atoms with E-state index in [-0.39, 0.29) is 28.5 Å². The smallest absolute Gasteiger partial charge is 0.333 e. The van der Waals surface area contributed by atoms with Crippen LogP contribution in [-0.2, 0) is 21.7 Å². The standard InChI is InChI=1S/C63H53BN2OS/c1-60(2,3)34-22-24-35(25-23-34)66-49-33-53-40(37-17-12-15-21-52(37)68-53)28-41(49)54-55-38-18-11-14-20-51(38)67-59(55)56-42-29-45-46(62(6,7)27-26-61(45,4)5)32-48(42)65-50-30-39-36-16-10-13-19-43(36)63(8,9)44(39)31-47(50)64(66)57(54)58(56)65/h10-25,28-33H,26-27H2,1-9H3. The number of hydrogen-bond acceptors (Lipinski definition) is 3. The number of rotatable bonds is 1. The largest absolute Gasteiger partial charge is 0.455 e. The average molecular weight is 897 g/mol. The van der Waals surface area contributed by atoms with Crippen molar-refractivity contribution in [1.29, 1.82) is 0 Å². The molecule has 68 heavy (non-hydrogen) atoms. The third-order valence-corrected chi connectivity index (χ3v) is 18.5. The Morgan fingerprint density at radius 1 is 0.574 bits per heavy atom. The van der Waals surface area contributed by atoms with Crippen LogP contribution in [0.1, 0.15) is 103 Å². The van der Waals surface area contributed by atoms with Gasteiger partial charge in [-0.2, -0.15) is 0 Å². The summed E-state index contributed by atoms with van der Waals surface area (Å²) in [6.45, 7) is 21.6. The monoisotopic (exact) mass is 896 g/mol. The van der Waals surface area contributed by atoms with E-state index in [1.165, 1.54) is 131 Å². The first-order valence-electron chi connectivity index (χ1n) is 24.7. The summed E-state index contributed by atoms with van der Waals surface area (Å²) in [5.74, 6) is 0. The molecular weight excluding hydrogens is 844 g/mol. The highest BCUT2D eigenvalue weighted by Gasteiger charge is 2.49. The molecule has 2 aliphatic carbocycles. The highest BCUT2D eigenvalue weighted by Crippen LogP contribution is 2.56. The zero-order valence-electron chi connectivity index (χ0n) is 40.4. The fraction of sp³-hybridized carbons (Fsp3) is 0.238. The van der Waals surface area contributed by atoms with E-state index < -0.39 is 0 Å². The molecule has 330 valence electrons. The fourth-order valence-electron chi connectivity index (χ4n) is 13.7. The molecule has 15 rings (SSSR count). The van der Waals surface area contributed by atoms with Gasteiger partial charge in [0.2, 0.25) is 0 Å². The Balaban J connectivity index is 1.20. The predicted molar refractivity (Wildman–Crippen MR) is 292 cm³/mol. The normalized spacial score (nSPS) is 17.1. The van der Waals surface area contributed by atoms with Crippen LogP contribution in [0.5, 0.6) is 0 Å². The topological polar surface area (TPSA) is 21.3 Å². The van der Waals surface area contributed by atoms with Crippen molar-refractivity contribution in [2.75, 3.05) is 4.81 Å². The molecule has 5 heterocycles. The molecule has 0 fully saturated rings. The van der Waals surface area contributed by atoms with E-state index in [0.29, 0.717) is 0 Å². The Morgan fingerprint density at radius 2 is 1.28 bits per heavy atom. The summed E-state index contributed by atoms with van der Waals surface area (Å²) in [6, 6.07) is 52.0. The molecular formula is C63H53BN2OS. The minimum absolute atomic E-state index is 0.0239. The predicted octanol–water partition coefficient (Wildman–Crippen LogP) is 16.2. The molecule has 0 amide bonds. The highest BCUT2D eigenvalue weighted by atomic mass is 32.1. The summed E-state index contributed by atoms with van der Waals surface area (Å²) in [6.07, 6.45) is 2.32. The molecule has 0 radical (unpaired) electrons. The summed E-state index contributed by atoms with van der Waals surface area (Å²) in [5, 5.41) is 7.55. The van der Waals surface area contributed by atoms with Gasteiger partial charge in [0.1, 0.15) is 11.2 Å². The molecule has 0 N–H and O–H groups in total. The Morgan fingerprint density at radius 3 is 2.06 bits per heavy atom. The second kappa shape index (κ2) is 12.6. The van der Waals surface area contributed by atoms with Crippen LogP contribution >= 0.6 is 11.3 Å².